The van der Waals surface area contributed by atoms with Crippen LogP contribution >= 0.6 is 0 Å². The average Bonchev–Trinajstić information content (AvgIpc) is 3.18. The predicted octanol–water partition coefficient (Wildman–Crippen LogP) is 3.05. The van der Waals surface area contributed by atoms with Crippen molar-refractivity contribution in [1.29, 1.82) is 0 Å². The highest BCUT2D eigenvalue weighted by molar-refractivity contribution is 6.01. The van der Waals surface area contributed by atoms with E-state index in [1.54, 1.807) is 29.3 Å². The molecule has 0 bridgehead atoms. The summed E-state index contributed by atoms with van der Waals surface area (Å²) in [5, 5.41) is 3.55. The van der Waals surface area contributed by atoms with E-state index in [0.717, 1.165) is 16.5 Å². The third-order valence-corrected chi connectivity index (χ3v) is 5.83. The van der Waals surface area contributed by atoms with Gasteiger partial charge in [0.2, 0.25) is 11.8 Å². The minimum Gasteiger partial charge on any atom is -0.469 e. The number of aromatic nitrogens is 1. The summed E-state index contributed by atoms with van der Waals surface area (Å²) in [6, 6.07) is 10.8. The van der Waals surface area contributed by atoms with Gasteiger partial charge in [-0.05, 0) is 41.8 Å². The quantitative estimate of drug-likeness (QED) is 0.601. The molecule has 1 aromatic heterocycles. The van der Waals surface area contributed by atoms with Gasteiger partial charge in [0.25, 0.3) is 0 Å². The van der Waals surface area contributed by atoms with Gasteiger partial charge < -0.3 is 19.9 Å². The number of anilines is 1. The first-order valence-electron chi connectivity index (χ1n) is 10.4. The Morgan fingerprint density at radius 1 is 1.25 bits per heavy atom. The van der Waals surface area contributed by atoms with E-state index in [0.29, 0.717) is 24.2 Å². The van der Waals surface area contributed by atoms with Gasteiger partial charge in [-0.1, -0.05) is 18.2 Å². The Morgan fingerprint density at radius 3 is 2.78 bits per heavy atom. The fourth-order valence-corrected chi connectivity index (χ4v) is 4.36. The smallest absolute Gasteiger partial charge is 0.313 e. The standard InChI is InChI=1S/C24H24FN3O4/c1-14(29)27-21(11-15-13-26-20-12-16(25)7-8-17(15)20)23(30)28-10-9-19(24(31)32-2)18-5-3-4-6-22(18)28/h3-8,12-13,19,21,26H,9-11H2,1-2H3,(H,27,29). The van der Waals surface area contributed by atoms with Gasteiger partial charge in [-0.25, -0.2) is 4.39 Å². The molecule has 4 rings (SSSR count). The van der Waals surface area contributed by atoms with E-state index in [4.69, 9.17) is 4.74 Å². The molecule has 0 radical (unpaired) electrons. The molecule has 0 aliphatic carbocycles. The number of H-pyrrole nitrogens is 1. The van der Waals surface area contributed by atoms with Gasteiger partial charge in [0.05, 0.1) is 13.0 Å². The van der Waals surface area contributed by atoms with Crippen LogP contribution in [0.5, 0.6) is 0 Å². The number of carbonyl (C=O) groups excluding carboxylic acids is 3. The zero-order valence-corrected chi connectivity index (χ0v) is 17.9. The fourth-order valence-electron chi connectivity index (χ4n) is 4.36. The zero-order valence-electron chi connectivity index (χ0n) is 17.9. The summed E-state index contributed by atoms with van der Waals surface area (Å²) >= 11 is 0. The highest BCUT2D eigenvalue weighted by atomic mass is 19.1. The maximum Gasteiger partial charge on any atom is 0.313 e. The number of hydrogen-bond acceptors (Lipinski definition) is 4. The number of methoxy groups -OCH3 is 1. The lowest BCUT2D eigenvalue weighted by Gasteiger charge is -2.35. The van der Waals surface area contributed by atoms with Crippen molar-refractivity contribution in [1.82, 2.24) is 10.3 Å². The van der Waals surface area contributed by atoms with Crippen LogP contribution in [0, 0.1) is 5.82 Å². The lowest BCUT2D eigenvalue weighted by atomic mass is 9.89. The summed E-state index contributed by atoms with van der Waals surface area (Å²) < 4.78 is 18.5. The van der Waals surface area contributed by atoms with E-state index in [2.05, 4.69) is 10.3 Å². The number of hydrogen-bond donors (Lipinski definition) is 2. The molecule has 0 spiro atoms. The minimum absolute atomic E-state index is 0.239. The van der Waals surface area contributed by atoms with Crippen molar-refractivity contribution in [2.75, 3.05) is 18.6 Å². The maximum absolute atomic E-state index is 13.6. The molecule has 166 valence electrons. The molecule has 2 amide bonds. The van der Waals surface area contributed by atoms with E-state index in [9.17, 15) is 18.8 Å². The van der Waals surface area contributed by atoms with Crippen LogP contribution < -0.4 is 10.2 Å². The molecule has 3 aromatic rings. The summed E-state index contributed by atoms with van der Waals surface area (Å²) in [6.45, 7) is 1.69. The van der Waals surface area contributed by atoms with E-state index in [1.807, 2.05) is 12.1 Å². The SMILES string of the molecule is COC(=O)C1CCN(C(=O)C(Cc2c[nH]c3cc(F)ccc23)NC(C)=O)c2ccccc21. The summed E-state index contributed by atoms with van der Waals surface area (Å²) in [5.74, 6) is -1.73. The molecule has 7 nitrogen and oxygen atoms in total. The monoisotopic (exact) mass is 437 g/mol. The molecule has 2 N–H and O–H groups in total. The van der Waals surface area contributed by atoms with E-state index >= 15 is 0 Å². The van der Waals surface area contributed by atoms with Gasteiger partial charge in [-0.3, -0.25) is 14.4 Å². The maximum atomic E-state index is 13.6. The number of carbonyl (C=O) groups is 3. The van der Waals surface area contributed by atoms with Gasteiger partial charge in [0, 0.05) is 42.7 Å². The molecule has 32 heavy (non-hydrogen) atoms. The average molecular weight is 437 g/mol. The number of benzene rings is 2. The molecule has 0 saturated carbocycles. The number of para-hydroxylation sites is 1. The second kappa shape index (κ2) is 8.82. The Morgan fingerprint density at radius 2 is 2.03 bits per heavy atom. The summed E-state index contributed by atoms with van der Waals surface area (Å²) in [7, 11) is 1.35. The third kappa shape index (κ3) is 4.08. The van der Waals surface area contributed by atoms with Crippen molar-refractivity contribution in [3.05, 3.63) is 65.6 Å². The van der Waals surface area contributed by atoms with Gasteiger partial charge in [0.1, 0.15) is 11.9 Å². The second-order valence-electron chi connectivity index (χ2n) is 7.87. The Bertz CT molecular complexity index is 1190. The minimum atomic E-state index is -0.820. The number of halogens is 1. The van der Waals surface area contributed by atoms with Crippen molar-refractivity contribution in [2.24, 2.45) is 0 Å². The molecule has 2 heterocycles. The topological polar surface area (TPSA) is 91.5 Å². The number of aromatic amines is 1. The first-order chi connectivity index (χ1) is 15.4. The first-order valence-corrected chi connectivity index (χ1v) is 10.4. The van der Waals surface area contributed by atoms with Crippen LogP contribution in [0.25, 0.3) is 10.9 Å². The number of amides is 2. The molecule has 2 unspecified atom stereocenters. The lowest BCUT2D eigenvalue weighted by Crippen LogP contribution is -2.51. The Labute approximate surface area is 184 Å². The fraction of sp³-hybridized carbons (Fsp3) is 0.292. The highest BCUT2D eigenvalue weighted by Crippen LogP contribution is 2.36. The molecular formula is C24H24FN3O4. The van der Waals surface area contributed by atoms with Crippen LogP contribution in [-0.2, 0) is 25.5 Å². The summed E-state index contributed by atoms with van der Waals surface area (Å²) in [6.07, 6.45) is 2.39. The highest BCUT2D eigenvalue weighted by Gasteiger charge is 2.36. The summed E-state index contributed by atoms with van der Waals surface area (Å²) in [4.78, 5) is 42.4. The van der Waals surface area contributed by atoms with Crippen LogP contribution in [0.2, 0.25) is 0 Å². The van der Waals surface area contributed by atoms with Crippen molar-refractivity contribution in [3.63, 3.8) is 0 Å². The van der Waals surface area contributed by atoms with E-state index in [-0.39, 0.29) is 30.0 Å². The van der Waals surface area contributed by atoms with Crippen molar-refractivity contribution in [2.45, 2.75) is 31.7 Å². The van der Waals surface area contributed by atoms with Crippen LogP contribution in [-0.4, -0.2) is 42.5 Å². The zero-order chi connectivity index (χ0) is 22.8. The van der Waals surface area contributed by atoms with Crippen molar-refractivity contribution in [3.8, 4) is 0 Å². The van der Waals surface area contributed by atoms with Crippen LogP contribution in [0.15, 0.2) is 48.7 Å². The third-order valence-electron chi connectivity index (χ3n) is 5.83. The molecule has 1 aliphatic rings. The van der Waals surface area contributed by atoms with Gasteiger partial charge in [-0.15, -0.1) is 0 Å². The number of ether oxygens (including phenoxy) is 1. The van der Waals surface area contributed by atoms with Gasteiger partial charge >= 0.3 is 5.97 Å². The number of esters is 1. The molecule has 2 atom stereocenters. The molecule has 2 aromatic carbocycles. The second-order valence-corrected chi connectivity index (χ2v) is 7.87. The normalized spacial score (nSPS) is 16.3. The Kier molecular flexibility index (Phi) is 5.94. The number of nitrogens with zero attached hydrogens (tertiary/aromatic N) is 1. The molecule has 0 saturated heterocycles. The largest absolute Gasteiger partial charge is 0.469 e. The van der Waals surface area contributed by atoms with Crippen molar-refractivity contribution < 1.29 is 23.5 Å². The number of rotatable bonds is 5. The number of nitrogens with one attached hydrogen (secondary N) is 2. The molecule has 0 fully saturated rings. The lowest BCUT2D eigenvalue weighted by molar-refractivity contribution is -0.142. The molecule has 8 heteroatoms. The van der Waals surface area contributed by atoms with Crippen LogP contribution in [0.1, 0.15) is 30.4 Å². The van der Waals surface area contributed by atoms with Gasteiger partial charge in [-0.2, -0.15) is 0 Å². The van der Waals surface area contributed by atoms with E-state index in [1.165, 1.54) is 26.2 Å². The Balaban J connectivity index is 1.65. The van der Waals surface area contributed by atoms with E-state index < -0.39 is 12.0 Å². The summed E-state index contributed by atoms with van der Waals surface area (Å²) in [5.41, 5.74) is 2.78. The first kappa shape index (κ1) is 21.5. The van der Waals surface area contributed by atoms with Crippen LogP contribution in [0.3, 0.4) is 0 Å². The number of fused-ring (bicyclic) bond motifs is 2. The van der Waals surface area contributed by atoms with Crippen LogP contribution in [0.4, 0.5) is 10.1 Å². The molecule has 1 aliphatic heterocycles. The van der Waals surface area contributed by atoms with Crippen molar-refractivity contribution >= 4 is 34.4 Å². The predicted molar refractivity (Wildman–Crippen MR) is 118 cm³/mol. The Hall–Kier alpha value is -3.68. The van der Waals surface area contributed by atoms with Gasteiger partial charge in [0.15, 0.2) is 0 Å². The molecular weight excluding hydrogens is 413 g/mol.